The van der Waals surface area contributed by atoms with Crippen molar-refractivity contribution in [2.75, 3.05) is 16.8 Å². The van der Waals surface area contributed by atoms with Crippen LogP contribution in [0.3, 0.4) is 0 Å². The van der Waals surface area contributed by atoms with E-state index < -0.39 is 29.0 Å². The first-order valence-corrected chi connectivity index (χ1v) is 11.6. The van der Waals surface area contributed by atoms with Crippen molar-refractivity contribution < 1.29 is 27.2 Å². The molecule has 1 N–H and O–H groups in total. The first-order chi connectivity index (χ1) is 17.6. The van der Waals surface area contributed by atoms with Crippen LogP contribution in [-0.2, 0) is 12.6 Å². The zero-order valence-corrected chi connectivity index (χ0v) is 19.8. The number of anilines is 2. The number of carbonyl (C=O) groups excluding carboxylic acids is 2. The average Bonchev–Trinajstić information content (AvgIpc) is 3.26. The SMILES string of the molecule is O=C(Nc1ccc(C(=O)N2CCc3cccn3-c3ccccc32)c(Cl)c1)c1cccc(C(F)(F)F)c1F. The number of amides is 2. The smallest absolute Gasteiger partial charge is 0.322 e. The van der Waals surface area contributed by atoms with Gasteiger partial charge in [-0.05, 0) is 54.6 Å². The Labute approximate surface area is 213 Å². The molecule has 0 bridgehead atoms. The summed E-state index contributed by atoms with van der Waals surface area (Å²) in [5, 5.41) is 2.36. The zero-order valence-electron chi connectivity index (χ0n) is 19.0. The molecule has 0 saturated heterocycles. The van der Waals surface area contributed by atoms with Crippen molar-refractivity contribution in [2.45, 2.75) is 12.6 Å². The molecule has 10 heteroatoms. The van der Waals surface area contributed by atoms with Crippen molar-refractivity contribution in [1.29, 1.82) is 0 Å². The van der Waals surface area contributed by atoms with Gasteiger partial charge >= 0.3 is 6.18 Å². The quantitative estimate of drug-likeness (QED) is 0.300. The van der Waals surface area contributed by atoms with E-state index >= 15 is 0 Å². The number of halogens is 5. The second-order valence-electron chi connectivity index (χ2n) is 8.38. The van der Waals surface area contributed by atoms with Gasteiger partial charge in [-0.2, -0.15) is 13.2 Å². The van der Waals surface area contributed by atoms with E-state index in [-0.39, 0.29) is 22.2 Å². The minimum Gasteiger partial charge on any atom is -0.322 e. The summed E-state index contributed by atoms with van der Waals surface area (Å²) in [6.45, 7) is 0.406. The van der Waals surface area contributed by atoms with Gasteiger partial charge in [0.15, 0.2) is 0 Å². The molecule has 0 spiro atoms. The number of nitrogens with one attached hydrogen (secondary N) is 1. The van der Waals surface area contributed by atoms with Crippen molar-refractivity contribution in [3.63, 3.8) is 0 Å². The van der Waals surface area contributed by atoms with Gasteiger partial charge in [-0.3, -0.25) is 9.59 Å². The molecule has 37 heavy (non-hydrogen) atoms. The Kier molecular flexibility index (Phi) is 6.25. The molecule has 2 heterocycles. The highest BCUT2D eigenvalue weighted by Crippen LogP contribution is 2.34. The highest BCUT2D eigenvalue weighted by atomic mass is 35.5. The van der Waals surface area contributed by atoms with Crippen LogP contribution in [0.4, 0.5) is 28.9 Å². The van der Waals surface area contributed by atoms with E-state index in [2.05, 4.69) is 5.32 Å². The Bertz CT molecular complexity index is 1530. The van der Waals surface area contributed by atoms with Gasteiger partial charge in [0, 0.05) is 30.5 Å². The van der Waals surface area contributed by atoms with Crippen LogP contribution >= 0.6 is 11.6 Å². The van der Waals surface area contributed by atoms with Crippen molar-refractivity contribution in [3.8, 4) is 5.69 Å². The Morgan fingerprint density at radius 2 is 1.65 bits per heavy atom. The van der Waals surface area contributed by atoms with Gasteiger partial charge in [0.1, 0.15) is 5.82 Å². The first kappa shape index (κ1) is 24.6. The number of rotatable bonds is 3. The summed E-state index contributed by atoms with van der Waals surface area (Å²) >= 11 is 6.40. The number of fused-ring (bicyclic) bond motifs is 3. The molecule has 0 saturated carbocycles. The summed E-state index contributed by atoms with van der Waals surface area (Å²) in [5.74, 6) is -3.11. The maximum Gasteiger partial charge on any atom is 0.419 e. The van der Waals surface area contributed by atoms with E-state index in [0.29, 0.717) is 24.7 Å². The number of para-hydroxylation sites is 2. The fourth-order valence-corrected chi connectivity index (χ4v) is 4.61. The van der Waals surface area contributed by atoms with Crippen molar-refractivity contribution in [1.82, 2.24) is 4.57 Å². The van der Waals surface area contributed by atoms with Crippen LogP contribution in [0, 0.1) is 5.82 Å². The predicted octanol–water partition coefficient (Wildman–Crippen LogP) is 6.74. The van der Waals surface area contributed by atoms with Crippen molar-refractivity contribution in [3.05, 3.63) is 112 Å². The van der Waals surface area contributed by atoms with Gasteiger partial charge in [0.05, 0.1) is 33.1 Å². The fraction of sp³-hybridized carbons (Fsp3) is 0.111. The lowest BCUT2D eigenvalue weighted by Crippen LogP contribution is -2.32. The molecule has 1 aliphatic heterocycles. The maximum atomic E-state index is 14.3. The van der Waals surface area contributed by atoms with Crippen molar-refractivity contribution >= 4 is 34.8 Å². The molecule has 0 fully saturated rings. The lowest BCUT2D eigenvalue weighted by molar-refractivity contribution is -0.140. The number of carbonyl (C=O) groups is 2. The maximum absolute atomic E-state index is 14.3. The molecule has 1 aromatic heterocycles. The van der Waals surface area contributed by atoms with Crippen molar-refractivity contribution in [2.24, 2.45) is 0 Å². The Morgan fingerprint density at radius 3 is 2.38 bits per heavy atom. The molecule has 2 amide bonds. The Hall–Kier alpha value is -4.11. The summed E-state index contributed by atoms with van der Waals surface area (Å²) in [6, 6.07) is 18.0. The van der Waals surface area contributed by atoms with E-state index in [1.807, 2.05) is 47.2 Å². The summed E-state index contributed by atoms with van der Waals surface area (Å²) in [7, 11) is 0. The lowest BCUT2D eigenvalue weighted by Gasteiger charge is -2.23. The van der Waals surface area contributed by atoms with Gasteiger partial charge in [-0.25, -0.2) is 4.39 Å². The number of hydrogen-bond donors (Lipinski definition) is 1. The summed E-state index contributed by atoms with van der Waals surface area (Å²) < 4.78 is 55.4. The van der Waals surface area contributed by atoms with Gasteiger partial charge in [-0.1, -0.05) is 29.8 Å². The van der Waals surface area contributed by atoms with Crippen LogP contribution in [0.2, 0.25) is 5.02 Å². The van der Waals surface area contributed by atoms with Gasteiger partial charge in [0.2, 0.25) is 0 Å². The van der Waals surface area contributed by atoms with Crippen LogP contribution < -0.4 is 10.2 Å². The largest absolute Gasteiger partial charge is 0.419 e. The minimum absolute atomic E-state index is 0.0219. The third kappa shape index (κ3) is 4.58. The fourth-order valence-electron chi connectivity index (χ4n) is 4.35. The van der Waals surface area contributed by atoms with E-state index in [9.17, 15) is 27.2 Å². The van der Waals surface area contributed by atoms with Crippen LogP contribution in [0.25, 0.3) is 5.69 Å². The molecule has 5 nitrogen and oxygen atoms in total. The van der Waals surface area contributed by atoms with E-state index in [1.54, 1.807) is 4.90 Å². The molecule has 0 unspecified atom stereocenters. The Morgan fingerprint density at radius 1 is 0.892 bits per heavy atom. The van der Waals surface area contributed by atoms with Crippen LogP contribution in [0.5, 0.6) is 0 Å². The summed E-state index contributed by atoms with van der Waals surface area (Å²) in [6.07, 6.45) is -2.40. The number of hydrogen-bond acceptors (Lipinski definition) is 2. The monoisotopic (exact) mass is 527 g/mol. The Balaban J connectivity index is 1.40. The molecule has 0 atom stereocenters. The third-order valence-corrected chi connectivity index (χ3v) is 6.42. The molecule has 1 aliphatic rings. The molecule has 0 aliphatic carbocycles. The third-order valence-electron chi connectivity index (χ3n) is 6.11. The number of nitrogens with zero attached hydrogens (tertiary/aromatic N) is 2. The summed E-state index contributed by atoms with van der Waals surface area (Å²) in [4.78, 5) is 27.7. The number of benzene rings is 3. The normalized spacial score (nSPS) is 12.9. The van der Waals surface area contributed by atoms with Crippen LogP contribution in [0.1, 0.15) is 32.0 Å². The molecule has 188 valence electrons. The van der Waals surface area contributed by atoms with Gasteiger partial charge in [0.25, 0.3) is 11.8 Å². The molecule has 0 radical (unpaired) electrons. The molecular weight excluding hydrogens is 510 g/mol. The number of aromatic nitrogens is 1. The lowest BCUT2D eigenvalue weighted by atomic mass is 10.1. The number of alkyl halides is 3. The minimum atomic E-state index is -4.94. The predicted molar refractivity (Wildman–Crippen MR) is 132 cm³/mol. The van der Waals surface area contributed by atoms with E-state index in [4.69, 9.17) is 11.6 Å². The first-order valence-electron chi connectivity index (χ1n) is 11.2. The van der Waals surface area contributed by atoms with E-state index in [1.165, 1.54) is 18.2 Å². The standard InChI is InChI=1S/C27H18ClF4N3O2/c28-21-15-16(33-25(36)19-6-3-7-20(24(19)29)27(30,31)32)10-11-18(21)26(37)35-14-12-17-5-4-13-34(17)22-8-1-2-9-23(22)35/h1-11,13,15H,12,14H2,(H,33,36). The topological polar surface area (TPSA) is 54.3 Å². The van der Waals surface area contributed by atoms with Gasteiger partial charge in [-0.15, -0.1) is 0 Å². The second kappa shape index (κ2) is 9.40. The highest BCUT2D eigenvalue weighted by molar-refractivity contribution is 6.35. The molecular formula is C27H18ClF4N3O2. The molecule has 5 rings (SSSR count). The van der Waals surface area contributed by atoms with Gasteiger partial charge < -0.3 is 14.8 Å². The summed E-state index contributed by atoms with van der Waals surface area (Å²) in [5.41, 5.74) is 0.558. The molecule has 3 aromatic carbocycles. The van der Waals surface area contributed by atoms with Crippen LogP contribution in [0.15, 0.2) is 79.0 Å². The highest BCUT2D eigenvalue weighted by Gasteiger charge is 2.35. The second-order valence-corrected chi connectivity index (χ2v) is 8.79. The molecule has 4 aromatic rings. The average molecular weight is 528 g/mol. The van der Waals surface area contributed by atoms with Crippen LogP contribution in [-0.4, -0.2) is 22.9 Å². The zero-order chi connectivity index (χ0) is 26.3. The van der Waals surface area contributed by atoms with E-state index in [0.717, 1.165) is 23.5 Å².